The molecule has 4 rings (SSSR count). The van der Waals surface area contributed by atoms with Crippen LogP contribution in [0.5, 0.6) is 11.5 Å². The summed E-state index contributed by atoms with van der Waals surface area (Å²) in [7, 11) is -3.55. The number of hydrogen-bond acceptors (Lipinski definition) is 5. The molecule has 0 radical (unpaired) electrons. The highest BCUT2D eigenvalue weighted by molar-refractivity contribution is 7.92. The second kappa shape index (κ2) is 10.8. The fourth-order valence-electron chi connectivity index (χ4n) is 4.05. The van der Waals surface area contributed by atoms with Crippen LogP contribution in [0.2, 0.25) is 0 Å². The molecule has 184 valence electrons. The Morgan fingerprint density at radius 1 is 0.943 bits per heavy atom. The van der Waals surface area contributed by atoms with Gasteiger partial charge in [0.25, 0.3) is 0 Å². The standard InChI is InChI=1S/C27H30N2O5S/c1-20-10-12-22(13-11-20)27(21-7-4-3-5-8-21)28-26(30)9-6-16-29(35(2,31)32)23-14-15-24-25(19-23)34-18-17-33-24/h3-5,7-8,10-15,19,27H,6,9,16-18H2,1-2H3,(H,28,30)/t27-/m0/s1. The number of anilines is 1. The largest absolute Gasteiger partial charge is 0.486 e. The summed E-state index contributed by atoms with van der Waals surface area (Å²) in [5, 5.41) is 3.12. The van der Waals surface area contributed by atoms with Crippen molar-refractivity contribution in [2.24, 2.45) is 0 Å². The van der Waals surface area contributed by atoms with Crippen LogP contribution < -0.4 is 19.1 Å². The first-order valence-electron chi connectivity index (χ1n) is 11.6. The first-order valence-corrected chi connectivity index (χ1v) is 13.4. The fraction of sp³-hybridized carbons (Fsp3) is 0.296. The molecule has 7 nitrogen and oxygen atoms in total. The molecule has 0 fully saturated rings. The molecule has 1 aliphatic heterocycles. The number of rotatable bonds is 9. The Hall–Kier alpha value is -3.52. The van der Waals surface area contributed by atoms with Gasteiger partial charge in [0.05, 0.1) is 18.0 Å². The van der Waals surface area contributed by atoms with Crippen molar-refractivity contribution in [3.63, 3.8) is 0 Å². The maximum Gasteiger partial charge on any atom is 0.232 e. The summed E-state index contributed by atoms with van der Waals surface area (Å²) in [6.07, 6.45) is 1.71. The van der Waals surface area contributed by atoms with Crippen LogP contribution in [-0.2, 0) is 14.8 Å². The Balaban J connectivity index is 1.43. The molecule has 8 heteroatoms. The van der Waals surface area contributed by atoms with Crippen molar-refractivity contribution in [3.05, 3.63) is 89.5 Å². The second-order valence-electron chi connectivity index (χ2n) is 8.59. The lowest BCUT2D eigenvalue weighted by atomic mass is 9.97. The number of benzene rings is 3. The summed E-state index contributed by atoms with van der Waals surface area (Å²) in [4.78, 5) is 12.9. The highest BCUT2D eigenvalue weighted by Gasteiger charge is 2.22. The number of hydrogen-bond donors (Lipinski definition) is 1. The normalized spacial score (nSPS) is 13.7. The Morgan fingerprint density at radius 3 is 2.29 bits per heavy atom. The first kappa shape index (κ1) is 24.6. The molecule has 0 unspecified atom stereocenters. The van der Waals surface area contributed by atoms with Crippen LogP contribution in [0.4, 0.5) is 5.69 Å². The van der Waals surface area contributed by atoms with Crippen LogP contribution in [0.1, 0.15) is 35.6 Å². The number of nitrogens with zero attached hydrogens (tertiary/aromatic N) is 1. The van der Waals surface area contributed by atoms with E-state index >= 15 is 0 Å². The summed E-state index contributed by atoms with van der Waals surface area (Å²) in [6, 6.07) is 22.7. The lowest BCUT2D eigenvalue weighted by Gasteiger charge is -2.25. The number of fused-ring (bicyclic) bond motifs is 1. The average Bonchev–Trinajstić information content (AvgIpc) is 2.85. The number of carbonyl (C=O) groups excluding carboxylic acids is 1. The van der Waals surface area contributed by atoms with Crippen molar-refractivity contribution in [2.75, 3.05) is 30.3 Å². The van der Waals surface area contributed by atoms with Crippen molar-refractivity contribution < 1.29 is 22.7 Å². The van der Waals surface area contributed by atoms with E-state index in [-0.39, 0.29) is 24.9 Å². The van der Waals surface area contributed by atoms with Gasteiger partial charge >= 0.3 is 0 Å². The third-order valence-corrected chi connectivity index (χ3v) is 7.02. The molecule has 35 heavy (non-hydrogen) atoms. The van der Waals surface area contributed by atoms with Gasteiger partial charge in [0, 0.05) is 19.0 Å². The Labute approximate surface area is 206 Å². The SMILES string of the molecule is Cc1ccc([C@@H](NC(=O)CCCN(c2ccc3c(c2)OCCO3)S(C)(=O)=O)c2ccccc2)cc1. The molecule has 0 saturated carbocycles. The van der Waals surface area contributed by atoms with Crippen LogP contribution in [0, 0.1) is 6.92 Å². The molecular weight excluding hydrogens is 464 g/mol. The molecule has 3 aromatic rings. The number of sulfonamides is 1. The van der Waals surface area contributed by atoms with Crippen molar-refractivity contribution in [1.29, 1.82) is 0 Å². The minimum Gasteiger partial charge on any atom is -0.486 e. The van der Waals surface area contributed by atoms with Gasteiger partial charge < -0.3 is 14.8 Å². The molecule has 1 heterocycles. The number of aryl methyl sites for hydroxylation is 1. The summed E-state index contributed by atoms with van der Waals surface area (Å²) < 4.78 is 37.4. The van der Waals surface area contributed by atoms with Crippen molar-refractivity contribution >= 4 is 21.6 Å². The van der Waals surface area contributed by atoms with E-state index in [4.69, 9.17) is 9.47 Å². The van der Waals surface area contributed by atoms with Crippen LogP contribution in [0.3, 0.4) is 0 Å². The monoisotopic (exact) mass is 494 g/mol. The van der Waals surface area contributed by atoms with Crippen molar-refractivity contribution in [3.8, 4) is 11.5 Å². The van der Waals surface area contributed by atoms with Crippen LogP contribution in [0.25, 0.3) is 0 Å². The number of nitrogens with one attached hydrogen (secondary N) is 1. The van der Waals surface area contributed by atoms with Gasteiger partial charge in [-0.1, -0.05) is 60.2 Å². The number of carbonyl (C=O) groups is 1. The maximum absolute atomic E-state index is 12.9. The molecule has 0 aliphatic carbocycles. The Bertz CT molecular complexity index is 1260. The van der Waals surface area contributed by atoms with E-state index in [0.29, 0.717) is 36.8 Å². The summed E-state index contributed by atoms with van der Waals surface area (Å²) in [5.41, 5.74) is 3.61. The minimum absolute atomic E-state index is 0.143. The molecule has 0 spiro atoms. The van der Waals surface area contributed by atoms with Gasteiger partial charge in [0.15, 0.2) is 11.5 Å². The van der Waals surface area contributed by atoms with Gasteiger partial charge in [-0.25, -0.2) is 8.42 Å². The third kappa shape index (κ3) is 6.33. The molecule has 0 bridgehead atoms. The zero-order valence-corrected chi connectivity index (χ0v) is 20.8. The van der Waals surface area contributed by atoms with E-state index in [1.54, 1.807) is 18.2 Å². The quantitative estimate of drug-likeness (QED) is 0.482. The Morgan fingerprint density at radius 2 is 1.60 bits per heavy atom. The molecule has 1 aliphatic rings. The highest BCUT2D eigenvalue weighted by Crippen LogP contribution is 2.34. The topological polar surface area (TPSA) is 84.9 Å². The van der Waals surface area contributed by atoms with E-state index in [9.17, 15) is 13.2 Å². The van der Waals surface area contributed by atoms with Gasteiger partial charge in [0.2, 0.25) is 15.9 Å². The van der Waals surface area contributed by atoms with Crippen LogP contribution in [0.15, 0.2) is 72.8 Å². The summed E-state index contributed by atoms with van der Waals surface area (Å²) in [6.45, 7) is 3.07. The molecular formula is C27H30N2O5S. The average molecular weight is 495 g/mol. The lowest BCUT2D eigenvalue weighted by molar-refractivity contribution is -0.121. The lowest BCUT2D eigenvalue weighted by Crippen LogP contribution is -2.33. The maximum atomic E-state index is 12.9. The van der Waals surface area contributed by atoms with E-state index < -0.39 is 10.0 Å². The molecule has 1 atom stereocenters. The van der Waals surface area contributed by atoms with Gasteiger partial charge in [0.1, 0.15) is 13.2 Å². The third-order valence-electron chi connectivity index (χ3n) is 5.83. The van der Waals surface area contributed by atoms with Crippen LogP contribution >= 0.6 is 0 Å². The number of ether oxygens (including phenoxy) is 2. The number of amides is 1. The van der Waals surface area contributed by atoms with E-state index in [1.165, 1.54) is 4.31 Å². The summed E-state index contributed by atoms with van der Waals surface area (Å²) in [5.74, 6) is 0.967. The van der Waals surface area contributed by atoms with E-state index in [2.05, 4.69) is 5.32 Å². The van der Waals surface area contributed by atoms with Gasteiger partial charge in [-0.05, 0) is 36.6 Å². The highest BCUT2D eigenvalue weighted by atomic mass is 32.2. The van der Waals surface area contributed by atoms with Crippen LogP contribution in [-0.4, -0.2) is 40.3 Å². The molecule has 1 amide bonds. The Kier molecular flexibility index (Phi) is 7.60. The predicted molar refractivity (Wildman–Crippen MR) is 136 cm³/mol. The molecule has 3 aromatic carbocycles. The first-order chi connectivity index (χ1) is 16.8. The fourth-order valence-corrected chi connectivity index (χ4v) is 5.01. The smallest absolute Gasteiger partial charge is 0.232 e. The van der Waals surface area contributed by atoms with Gasteiger partial charge in [-0.15, -0.1) is 0 Å². The van der Waals surface area contributed by atoms with Gasteiger partial charge in [-0.3, -0.25) is 9.10 Å². The molecule has 0 aromatic heterocycles. The predicted octanol–water partition coefficient (Wildman–Crippen LogP) is 4.22. The zero-order chi connectivity index (χ0) is 24.8. The minimum atomic E-state index is -3.55. The second-order valence-corrected chi connectivity index (χ2v) is 10.5. The summed E-state index contributed by atoms with van der Waals surface area (Å²) >= 11 is 0. The van der Waals surface area contributed by atoms with Crippen molar-refractivity contribution in [2.45, 2.75) is 25.8 Å². The molecule has 0 saturated heterocycles. The van der Waals surface area contributed by atoms with E-state index in [0.717, 1.165) is 22.9 Å². The van der Waals surface area contributed by atoms with E-state index in [1.807, 2.05) is 61.5 Å². The zero-order valence-electron chi connectivity index (χ0n) is 19.9. The van der Waals surface area contributed by atoms with Crippen molar-refractivity contribution in [1.82, 2.24) is 5.32 Å². The molecule has 1 N–H and O–H groups in total. The van der Waals surface area contributed by atoms with Gasteiger partial charge in [-0.2, -0.15) is 0 Å².